The van der Waals surface area contributed by atoms with Gasteiger partial charge in [-0.05, 0) is 18.6 Å². The molecule has 1 rings (SSSR count). The van der Waals surface area contributed by atoms with Crippen LogP contribution in [0.5, 0.6) is 11.5 Å². The molecule has 0 aliphatic carbocycles. The average molecular weight is 226 g/mol. The van der Waals surface area contributed by atoms with Crippen LogP contribution in [0.1, 0.15) is 18.5 Å². The minimum atomic E-state index is -0.521. The topological polar surface area (TPSA) is 87.6 Å². The summed E-state index contributed by atoms with van der Waals surface area (Å²) < 4.78 is 9.99. The molecule has 0 radical (unpaired) electrons. The Kier molecular flexibility index (Phi) is 3.68. The standard InChI is InChI=1S/C10H14N2O4/c1-6(11)7-4-8(12(13)14)10(16-3)9(5-7)15-2/h4-6H,11H2,1-3H3/t6-/m0/s1. The van der Waals surface area contributed by atoms with Crippen LogP contribution in [0, 0.1) is 10.1 Å². The van der Waals surface area contributed by atoms with Crippen molar-refractivity contribution in [1.82, 2.24) is 0 Å². The van der Waals surface area contributed by atoms with Crippen molar-refractivity contribution in [3.63, 3.8) is 0 Å². The van der Waals surface area contributed by atoms with Crippen LogP contribution in [0.15, 0.2) is 12.1 Å². The zero-order chi connectivity index (χ0) is 12.3. The Bertz CT molecular complexity index is 404. The molecule has 0 spiro atoms. The van der Waals surface area contributed by atoms with Gasteiger partial charge in [-0.2, -0.15) is 0 Å². The molecule has 1 aromatic rings. The highest BCUT2D eigenvalue weighted by molar-refractivity contribution is 5.58. The molecule has 0 amide bonds. The molecule has 1 aromatic carbocycles. The van der Waals surface area contributed by atoms with Crippen molar-refractivity contribution >= 4 is 5.69 Å². The Morgan fingerprint density at radius 1 is 1.38 bits per heavy atom. The van der Waals surface area contributed by atoms with Crippen molar-refractivity contribution in [2.75, 3.05) is 14.2 Å². The van der Waals surface area contributed by atoms with E-state index in [1.165, 1.54) is 20.3 Å². The molecule has 0 fully saturated rings. The molecule has 0 saturated heterocycles. The Hall–Kier alpha value is -1.82. The first-order valence-corrected chi connectivity index (χ1v) is 4.67. The SMILES string of the molecule is COc1cc([C@H](C)N)cc([N+](=O)[O-])c1OC. The van der Waals surface area contributed by atoms with Gasteiger partial charge in [0.05, 0.1) is 19.1 Å². The van der Waals surface area contributed by atoms with Crippen molar-refractivity contribution in [3.8, 4) is 11.5 Å². The molecule has 88 valence electrons. The summed E-state index contributed by atoms with van der Waals surface area (Å²) in [6, 6.07) is 2.72. The second kappa shape index (κ2) is 4.80. The fourth-order valence-corrected chi connectivity index (χ4v) is 1.36. The molecule has 0 bridgehead atoms. The second-order valence-corrected chi connectivity index (χ2v) is 3.32. The van der Waals surface area contributed by atoms with Gasteiger partial charge in [-0.3, -0.25) is 10.1 Å². The molecule has 0 aromatic heterocycles. The van der Waals surface area contributed by atoms with Crippen LogP contribution < -0.4 is 15.2 Å². The maximum atomic E-state index is 10.9. The largest absolute Gasteiger partial charge is 0.493 e. The molecule has 0 aliphatic rings. The highest BCUT2D eigenvalue weighted by Crippen LogP contribution is 2.38. The Balaban J connectivity index is 3.43. The lowest BCUT2D eigenvalue weighted by Gasteiger charge is -2.12. The van der Waals surface area contributed by atoms with Gasteiger partial charge in [-0.15, -0.1) is 0 Å². The number of nitrogens with zero attached hydrogens (tertiary/aromatic N) is 1. The van der Waals surface area contributed by atoms with Gasteiger partial charge < -0.3 is 15.2 Å². The maximum absolute atomic E-state index is 10.9. The molecule has 0 aliphatic heterocycles. The second-order valence-electron chi connectivity index (χ2n) is 3.32. The summed E-state index contributed by atoms with van der Waals surface area (Å²) in [5.74, 6) is 0.418. The number of ether oxygens (including phenoxy) is 2. The van der Waals surface area contributed by atoms with E-state index in [1.807, 2.05) is 0 Å². The van der Waals surface area contributed by atoms with E-state index in [2.05, 4.69) is 0 Å². The van der Waals surface area contributed by atoms with Crippen molar-refractivity contribution in [1.29, 1.82) is 0 Å². The van der Waals surface area contributed by atoms with Gasteiger partial charge in [-0.25, -0.2) is 0 Å². The van der Waals surface area contributed by atoms with Gasteiger partial charge in [0.15, 0.2) is 5.75 Å². The van der Waals surface area contributed by atoms with Crippen LogP contribution in [0.4, 0.5) is 5.69 Å². The number of rotatable bonds is 4. The van der Waals surface area contributed by atoms with Gasteiger partial charge in [0.1, 0.15) is 0 Å². The van der Waals surface area contributed by atoms with Crippen molar-refractivity contribution in [2.45, 2.75) is 13.0 Å². The van der Waals surface area contributed by atoms with E-state index in [9.17, 15) is 10.1 Å². The summed E-state index contributed by atoms with van der Waals surface area (Å²) in [5.41, 5.74) is 6.16. The molecule has 1 atom stereocenters. The Morgan fingerprint density at radius 3 is 2.38 bits per heavy atom. The van der Waals surface area contributed by atoms with Gasteiger partial charge in [0, 0.05) is 12.1 Å². The molecule has 16 heavy (non-hydrogen) atoms. The highest BCUT2D eigenvalue weighted by atomic mass is 16.6. The number of nitrogens with two attached hydrogens (primary N) is 1. The predicted molar refractivity (Wildman–Crippen MR) is 58.8 cm³/mol. The molecule has 2 N–H and O–H groups in total. The fraction of sp³-hybridized carbons (Fsp3) is 0.400. The normalized spacial score (nSPS) is 12.0. The van der Waals surface area contributed by atoms with Crippen LogP contribution >= 0.6 is 0 Å². The van der Waals surface area contributed by atoms with E-state index in [0.717, 1.165) is 0 Å². The third kappa shape index (κ3) is 2.22. The highest BCUT2D eigenvalue weighted by Gasteiger charge is 2.22. The summed E-state index contributed by atoms with van der Waals surface area (Å²) in [4.78, 5) is 10.3. The van der Waals surface area contributed by atoms with E-state index in [-0.39, 0.29) is 17.5 Å². The summed E-state index contributed by atoms with van der Waals surface area (Å²) in [7, 11) is 2.78. The van der Waals surface area contributed by atoms with Crippen LogP contribution in [0.25, 0.3) is 0 Å². The first kappa shape index (κ1) is 12.3. The van der Waals surface area contributed by atoms with Gasteiger partial charge in [0.2, 0.25) is 5.75 Å². The monoisotopic (exact) mass is 226 g/mol. The smallest absolute Gasteiger partial charge is 0.315 e. The third-order valence-corrected chi connectivity index (χ3v) is 2.20. The number of hydrogen-bond donors (Lipinski definition) is 1. The lowest BCUT2D eigenvalue weighted by atomic mass is 10.1. The predicted octanol–water partition coefficient (Wildman–Crippen LogP) is 1.63. The zero-order valence-corrected chi connectivity index (χ0v) is 9.39. The van der Waals surface area contributed by atoms with Gasteiger partial charge in [-0.1, -0.05) is 0 Å². The average Bonchev–Trinajstić information content (AvgIpc) is 2.26. The Labute approximate surface area is 93.1 Å². The lowest BCUT2D eigenvalue weighted by molar-refractivity contribution is -0.385. The first-order chi connectivity index (χ1) is 7.51. The van der Waals surface area contributed by atoms with Crippen LogP contribution in [0.2, 0.25) is 0 Å². The number of hydrogen-bond acceptors (Lipinski definition) is 5. The maximum Gasteiger partial charge on any atom is 0.315 e. The quantitative estimate of drug-likeness (QED) is 0.622. The molecular weight excluding hydrogens is 212 g/mol. The van der Waals surface area contributed by atoms with Crippen molar-refractivity contribution < 1.29 is 14.4 Å². The summed E-state index contributed by atoms with van der Waals surface area (Å²) >= 11 is 0. The van der Waals surface area contributed by atoms with E-state index in [4.69, 9.17) is 15.2 Å². The van der Waals surface area contributed by atoms with Crippen LogP contribution in [-0.4, -0.2) is 19.1 Å². The number of benzene rings is 1. The number of nitro groups is 1. The van der Waals surface area contributed by atoms with E-state index in [0.29, 0.717) is 11.3 Å². The van der Waals surface area contributed by atoms with Gasteiger partial charge >= 0.3 is 5.69 Å². The molecule has 0 unspecified atom stereocenters. The van der Waals surface area contributed by atoms with Crippen molar-refractivity contribution in [2.24, 2.45) is 5.73 Å². The number of methoxy groups -OCH3 is 2. The molecular formula is C10H14N2O4. The molecule has 0 heterocycles. The van der Waals surface area contributed by atoms with Crippen molar-refractivity contribution in [3.05, 3.63) is 27.8 Å². The molecule has 6 heteroatoms. The zero-order valence-electron chi connectivity index (χ0n) is 9.39. The van der Waals surface area contributed by atoms with Crippen LogP contribution in [-0.2, 0) is 0 Å². The minimum absolute atomic E-state index is 0.108. The summed E-state index contributed by atoms with van der Waals surface area (Å²) in [6.07, 6.45) is 0. The summed E-state index contributed by atoms with van der Waals surface area (Å²) in [6.45, 7) is 1.74. The van der Waals surface area contributed by atoms with Gasteiger partial charge in [0.25, 0.3) is 0 Å². The first-order valence-electron chi connectivity index (χ1n) is 4.67. The van der Waals surface area contributed by atoms with Crippen LogP contribution in [0.3, 0.4) is 0 Å². The fourth-order valence-electron chi connectivity index (χ4n) is 1.36. The van der Waals surface area contributed by atoms with E-state index >= 15 is 0 Å². The third-order valence-electron chi connectivity index (χ3n) is 2.20. The van der Waals surface area contributed by atoms with E-state index in [1.54, 1.807) is 13.0 Å². The molecule has 6 nitrogen and oxygen atoms in total. The Morgan fingerprint density at radius 2 is 2.00 bits per heavy atom. The minimum Gasteiger partial charge on any atom is -0.493 e. The summed E-state index contributed by atoms with van der Waals surface area (Å²) in [5, 5.41) is 10.9. The van der Waals surface area contributed by atoms with E-state index < -0.39 is 4.92 Å². The molecule has 0 saturated carbocycles. The lowest BCUT2D eigenvalue weighted by Crippen LogP contribution is -2.07. The number of nitro benzene ring substituents is 1.